The van der Waals surface area contributed by atoms with Crippen LogP contribution in [0.15, 0.2) is 122 Å². The summed E-state index contributed by atoms with van der Waals surface area (Å²) in [5.41, 5.74) is 0. The van der Waals surface area contributed by atoms with E-state index in [9.17, 15) is 14.4 Å². The molecule has 0 fully saturated rings. The van der Waals surface area contributed by atoms with Crippen molar-refractivity contribution in [1.82, 2.24) is 0 Å². The van der Waals surface area contributed by atoms with Crippen LogP contribution in [0.25, 0.3) is 0 Å². The number of esters is 3. The van der Waals surface area contributed by atoms with Gasteiger partial charge in [0.15, 0.2) is 6.10 Å². The number of hydrogen-bond donors (Lipinski definition) is 0. The Hall–Kier alpha value is -4.19. The van der Waals surface area contributed by atoms with Crippen molar-refractivity contribution in [3.8, 4) is 0 Å². The highest BCUT2D eigenvalue weighted by atomic mass is 16.6. The second-order valence-corrected chi connectivity index (χ2v) is 20.9. The summed E-state index contributed by atoms with van der Waals surface area (Å²) in [4.78, 5) is 38.3. The third-order valence-electron chi connectivity index (χ3n) is 13.4. The van der Waals surface area contributed by atoms with Crippen molar-refractivity contribution < 1.29 is 28.6 Å². The average molecular weight is 1070 g/mol. The molecule has 0 saturated heterocycles. The van der Waals surface area contributed by atoms with Crippen molar-refractivity contribution in [2.24, 2.45) is 0 Å². The van der Waals surface area contributed by atoms with Gasteiger partial charge in [0.25, 0.3) is 0 Å². The maximum atomic E-state index is 12.9. The highest BCUT2D eigenvalue weighted by Gasteiger charge is 2.19. The van der Waals surface area contributed by atoms with Crippen LogP contribution in [0.1, 0.15) is 290 Å². The first-order chi connectivity index (χ1) is 38.0. The zero-order valence-electron chi connectivity index (χ0n) is 50.2. The summed E-state index contributed by atoms with van der Waals surface area (Å²) in [6.45, 7) is 6.36. The molecule has 0 aliphatic carbocycles. The smallest absolute Gasteiger partial charge is 0.306 e. The number of unbranched alkanes of at least 4 members (excludes halogenated alkanes) is 26. The molecule has 1 unspecified atom stereocenters. The van der Waals surface area contributed by atoms with Crippen molar-refractivity contribution >= 4 is 17.9 Å². The minimum absolute atomic E-state index is 0.108. The summed E-state index contributed by atoms with van der Waals surface area (Å²) in [5.74, 6) is -0.981. The van der Waals surface area contributed by atoms with Gasteiger partial charge in [-0.05, 0) is 122 Å². The minimum atomic E-state index is -0.819. The molecule has 0 aliphatic rings. The molecule has 0 bridgehead atoms. The normalized spacial score (nSPS) is 12.9. The molecule has 77 heavy (non-hydrogen) atoms. The Balaban J connectivity index is 4.36. The second-order valence-electron chi connectivity index (χ2n) is 20.9. The number of ether oxygens (including phenoxy) is 3. The fourth-order valence-corrected chi connectivity index (χ4v) is 8.70. The molecule has 1 atom stereocenters. The molecular weight excluding hydrogens is 949 g/mol. The standard InChI is InChI=1S/C71H118O6/c1-4-7-10-13-16-19-22-25-28-30-31-32-33-34-35-36-37-38-39-41-43-46-49-52-55-58-61-64-70(73)76-67-68(66-75-69(72)63-60-57-54-51-48-45-42-27-24-21-18-15-12-9-6-3)77-71(74)65-62-59-56-53-50-47-44-40-29-26-23-20-17-14-11-8-5-2/h8-9,11-12,17-18,20-22,25-27,29-31,42,44,47,53,56,68H,4-7,10,13-16,19,23-24,28,32-41,43,45-46,48-52,54-55,57-67H2,1-3H3/b11-8-,12-9-,20-17-,21-18-,25-22-,29-26-,31-30-,42-27-,47-44-,56-53-. The molecule has 0 spiro atoms. The first-order valence-corrected chi connectivity index (χ1v) is 32.0. The molecule has 0 amide bonds. The van der Waals surface area contributed by atoms with E-state index in [0.29, 0.717) is 19.3 Å². The number of allylic oxidation sites excluding steroid dienone is 20. The van der Waals surface area contributed by atoms with Crippen molar-refractivity contribution in [3.63, 3.8) is 0 Å². The van der Waals surface area contributed by atoms with Crippen LogP contribution in [0.2, 0.25) is 0 Å². The van der Waals surface area contributed by atoms with E-state index in [0.717, 1.165) is 122 Å². The summed E-state index contributed by atoms with van der Waals surface area (Å²) in [5, 5.41) is 0. The SMILES string of the molecule is CC/C=C\C/C=C\C/C=C\C/C=C\C/C=C\CCCC(=O)OC(COC(=O)CCCCCCC/C=C\C/C=C\C/C=C\CC)COC(=O)CCCCCCCCCCCCCCCCC/C=C\C/C=C\CCCCCCC. The van der Waals surface area contributed by atoms with Gasteiger partial charge in [-0.2, -0.15) is 0 Å². The van der Waals surface area contributed by atoms with E-state index < -0.39 is 6.10 Å². The van der Waals surface area contributed by atoms with Gasteiger partial charge in [-0.1, -0.05) is 271 Å². The van der Waals surface area contributed by atoms with Crippen LogP contribution < -0.4 is 0 Å². The van der Waals surface area contributed by atoms with Gasteiger partial charge in [0.05, 0.1) is 0 Å². The van der Waals surface area contributed by atoms with Crippen LogP contribution in [0.5, 0.6) is 0 Å². The van der Waals surface area contributed by atoms with E-state index in [1.54, 1.807) is 0 Å². The topological polar surface area (TPSA) is 78.9 Å². The summed E-state index contributed by atoms with van der Waals surface area (Å²) in [7, 11) is 0. The van der Waals surface area contributed by atoms with E-state index in [-0.39, 0.29) is 37.5 Å². The van der Waals surface area contributed by atoms with Gasteiger partial charge in [0.2, 0.25) is 0 Å². The molecular formula is C71H118O6. The van der Waals surface area contributed by atoms with Crippen LogP contribution in [-0.4, -0.2) is 37.2 Å². The molecule has 0 aromatic rings. The third-order valence-corrected chi connectivity index (χ3v) is 13.4. The lowest BCUT2D eigenvalue weighted by atomic mass is 10.0. The van der Waals surface area contributed by atoms with Crippen molar-refractivity contribution in [2.75, 3.05) is 13.2 Å². The third kappa shape index (κ3) is 62.5. The Labute approximate surface area is 475 Å². The summed E-state index contributed by atoms with van der Waals surface area (Å²) in [6.07, 6.45) is 89.3. The summed E-state index contributed by atoms with van der Waals surface area (Å²) >= 11 is 0. The molecule has 0 N–H and O–H groups in total. The fraction of sp³-hybridized carbons (Fsp3) is 0.676. The van der Waals surface area contributed by atoms with Gasteiger partial charge in [-0.15, -0.1) is 0 Å². The maximum absolute atomic E-state index is 12.9. The van der Waals surface area contributed by atoms with Crippen LogP contribution in [0.4, 0.5) is 0 Å². The van der Waals surface area contributed by atoms with Gasteiger partial charge in [-0.25, -0.2) is 0 Å². The average Bonchev–Trinajstić information content (AvgIpc) is 3.43. The van der Waals surface area contributed by atoms with Gasteiger partial charge < -0.3 is 14.2 Å². The number of carbonyl (C=O) groups is 3. The molecule has 0 saturated carbocycles. The lowest BCUT2D eigenvalue weighted by Gasteiger charge is -2.18. The van der Waals surface area contributed by atoms with Crippen LogP contribution in [-0.2, 0) is 28.6 Å². The highest BCUT2D eigenvalue weighted by Crippen LogP contribution is 2.16. The Morgan fingerprint density at radius 1 is 0.273 bits per heavy atom. The first-order valence-electron chi connectivity index (χ1n) is 32.0. The number of rotatable bonds is 57. The van der Waals surface area contributed by atoms with E-state index >= 15 is 0 Å². The van der Waals surface area contributed by atoms with Gasteiger partial charge >= 0.3 is 17.9 Å². The lowest BCUT2D eigenvalue weighted by Crippen LogP contribution is -2.30. The number of hydrogen-bond acceptors (Lipinski definition) is 6. The van der Waals surface area contributed by atoms with Crippen molar-refractivity contribution in [2.45, 2.75) is 297 Å². The molecule has 0 aromatic heterocycles. The molecule has 6 heteroatoms. The van der Waals surface area contributed by atoms with Crippen molar-refractivity contribution in [1.29, 1.82) is 0 Å². The monoisotopic (exact) mass is 1070 g/mol. The van der Waals surface area contributed by atoms with Gasteiger partial charge in [-0.3, -0.25) is 14.4 Å². The Morgan fingerprint density at radius 3 is 0.831 bits per heavy atom. The minimum Gasteiger partial charge on any atom is -0.462 e. The molecule has 6 nitrogen and oxygen atoms in total. The Kier molecular flexibility index (Phi) is 60.8. The predicted octanol–water partition coefficient (Wildman–Crippen LogP) is 22.0. The molecule has 0 heterocycles. The zero-order valence-corrected chi connectivity index (χ0v) is 50.2. The van der Waals surface area contributed by atoms with E-state index in [1.807, 2.05) is 0 Å². The fourth-order valence-electron chi connectivity index (χ4n) is 8.70. The lowest BCUT2D eigenvalue weighted by molar-refractivity contribution is -0.167. The Morgan fingerprint density at radius 2 is 0.519 bits per heavy atom. The quantitative estimate of drug-likeness (QED) is 0.0261. The van der Waals surface area contributed by atoms with Gasteiger partial charge in [0, 0.05) is 19.3 Å². The second kappa shape index (κ2) is 64.3. The molecule has 0 radical (unpaired) electrons. The van der Waals surface area contributed by atoms with E-state index in [4.69, 9.17) is 14.2 Å². The predicted molar refractivity (Wildman–Crippen MR) is 334 cm³/mol. The van der Waals surface area contributed by atoms with Gasteiger partial charge in [0.1, 0.15) is 13.2 Å². The summed E-state index contributed by atoms with van der Waals surface area (Å²) < 4.78 is 16.9. The van der Waals surface area contributed by atoms with Crippen LogP contribution in [0, 0.1) is 0 Å². The highest BCUT2D eigenvalue weighted by molar-refractivity contribution is 5.71. The molecule has 0 aliphatic heterocycles. The first kappa shape index (κ1) is 72.8. The van der Waals surface area contributed by atoms with Crippen LogP contribution in [0.3, 0.4) is 0 Å². The molecule has 0 aromatic carbocycles. The Bertz CT molecular complexity index is 1600. The number of carbonyl (C=O) groups excluding carboxylic acids is 3. The summed E-state index contributed by atoms with van der Waals surface area (Å²) in [6, 6.07) is 0. The van der Waals surface area contributed by atoms with Crippen molar-refractivity contribution in [3.05, 3.63) is 122 Å². The van der Waals surface area contributed by atoms with Crippen LogP contribution >= 0.6 is 0 Å². The zero-order chi connectivity index (χ0) is 55.7. The molecule has 0 rings (SSSR count). The maximum Gasteiger partial charge on any atom is 0.306 e. The van der Waals surface area contributed by atoms with E-state index in [2.05, 4.69) is 142 Å². The van der Waals surface area contributed by atoms with E-state index in [1.165, 1.54) is 122 Å². The molecule has 438 valence electrons. The largest absolute Gasteiger partial charge is 0.462 e.